The van der Waals surface area contributed by atoms with Gasteiger partial charge in [-0.15, -0.1) is 0 Å². The fourth-order valence-electron chi connectivity index (χ4n) is 4.42. The molecule has 1 saturated heterocycles. The van der Waals surface area contributed by atoms with Crippen LogP contribution >= 0.6 is 0 Å². The molecule has 2 fully saturated rings. The molecule has 2 amide bonds. The minimum Gasteiger partial charge on any atom is -0.444 e. The summed E-state index contributed by atoms with van der Waals surface area (Å²) in [6.45, 7) is 8.37. The third kappa shape index (κ3) is 4.43. The number of rotatable bonds is 2. The number of anilines is 1. The van der Waals surface area contributed by atoms with Crippen LogP contribution in [0.2, 0.25) is 0 Å². The molecule has 1 saturated carbocycles. The molecule has 0 radical (unpaired) electrons. The van der Waals surface area contributed by atoms with Crippen LogP contribution in [0.25, 0.3) is 0 Å². The standard InChI is InChI=1S/C23H29N3O5/c1-23(2,3)31-22(30)25-10-8-24(9-11-25)16-5-4-15-14-26(21(29)18(15)12-16)19-7-6-17(27)13-20(19)28/h4-5,12,19H,6-11,13-14H2,1-3H3. The predicted molar refractivity (Wildman–Crippen MR) is 114 cm³/mol. The summed E-state index contributed by atoms with van der Waals surface area (Å²) in [7, 11) is 0. The van der Waals surface area contributed by atoms with Gasteiger partial charge in [-0.2, -0.15) is 0 Å². The van der Waals surface area contributed by atoms with E-state index in [4.69, 9.17) is 4.74 Å². The van der Waals surface area contributed by atoms with Crippen molar-refractivity contribution in [3.8, 4) is 0 Å². The summed E-state index contributed by atoms with van der Waals surface area (Å²) in [5.74, 6) is -0.342. The summed E-state index contributed by atoms with van der Waals surface area (Å²) in [4.78, 5) is 54.6. The zero-order valence-corrected chi connectivity index (χ0v) is 18.3. The highest BCUT2D eigenvalue weighted by molar-refractivity contribution is 6.07. The molecule has 1 aromatic rings. The molecule has 31 heavy (non-hydrogen) atoms. The second-order valence-corrected chi connectivity index (χ2v) is 9.47. The van der Waals surface area contributed by atoms with Gasteiger partial charge in [-0.3, -0.25) is 14.4 Å². The summed E-state index contributed by atoms with van der Waals surface area (Å²) in [6, 6.07) is 5.32. The minimum atomic E-state index is -0.520. The molecule has 1 aliphatic carbocycles. The van der Waals surface area contributed by atoms with Gasteiger partial charge < -0.3 is 19.4 Å². The molecular formula is C23H29N3O5. The topological polar surface area (TPSA) is 87.2 Å². The Bertz CT molecular complexity index is 928. The van der Waals surface area contributed by atoms with Crippen LogP contribution in [0, 0.1) is 0 Å². The van der Waals surface area contributed by atoms with Gasteiger partial charge in [0.1, 0.15) is 11.4 Å². The molecule has 2 aliphatic heterocycles. The van der Waals surface area contributed by atoms with Crippen LogP contribution in [0.5, 0.6) is 0 Å². The van der Waals surface area contributed by atoms with Gasteiger partial charge >= 0.3 is 6.09 Å². The molecule has 1 unspecified atom stereocenters. The van der Waals surface area contributed by atoms with E-state index in [-0.39, 0.29) is 30.0 Å². The smallest absolute Gasteiger partial charge is 0.410 e. The van der Waals surface area contributed by atoms with E-state index in [0.717, 1.165) is 11.3 Å². The zero-order chi connectivity index (χ0) is 22.3. The van der Waals surface area contributed by atoms with Crippen molar-refractivity contribution < 1.29 is 23.9 Å². The number of benzene rings is 1. The number of amides is 2. The number of hydrogen-bond donors (Lipinski definition) is 0. The Labute approximate surface area is 182 Å². The van der Waals surface area contributed by atoms with E-state index in [2.05, 4.69) is 4.90 Å². The second kappa shape index (κ2) is 7.98. The lowest BCUT2D eigenvalue weighted by Crippen LogP contribution is -2.50. The van der Waals surface area contributed by atoms with Gasteiger partial charge in [-0.05, 0) is 44.9 Å². The zero-order valence-electron chi connectivity index (χ0n) is 18.3. The third-order valence-corrected chi connectivity index (χ3v) is 6.04. The van der Waals surface area contributed by atoms with Gasteiger partial charge in [0.25, 0.3) is 5.91 Å². The Balaban J connectivity index is 1.41. The Hall–Kier alpha value is -2.90. The molecule has 2 heterocycles. The normalized spacial score (nSPS) is 22.1. The lowest BCUT2D eigenvalue weighted by atomic mass is 9.92. The molecule has 0 aromatic heterocycles. The van der Waals surface area contributed by atoms with Crippen LogP contribution in [0.15, 0.2) is 18.2 Å². The van der Waals surface area contributed by atoms with Crippen LogP contribution in [0.1, 0.15) is 56.0 Å². The summed E-state index contributed by atoms with van der Waals surface area (Å²) < 4.78 is 5.45. The Morgan fingerprint density at radius 3 is 2.42 bits per heavy atom. The molecule has 1 aromatic carbocycles. The van der Waals surface area contributed by atoms with E-state index in [9.17, 15) is 19.2 Å². The molecule has 1 atom stereocenters. The third-order valence-electron chi connectivity index (χ3n) is 6.04. The highest BCUT2D eigenvalue weighted by Crippen LogP contribution is 2.32. The quantitative estimate of drug-likeness (QED) is 0.674. The number of carbonyl (C=O) groups is 4. The van der Waals surface area contributed by atoms with Gasteiger partial charge in [-0.1, -0.05) is 6.07 Å². The van der Waals surface area contributed by atoms with Gasteiger partial charge in [0.05, 0.1) is 12.5 Å². The van der Waals surface area contributed by atoms with Crippen LogP contribution in [0.3, 0.4) is 0 Å². The van der Waals surface area contributed by atoms with E-state index >= 15 is 0 Å². The molecule has 3 aliphatic rings. The predicted octanol–water partition coefficient (Wildman–Crippen LogP) is 2.39. The van der Waals surface area contributed by atoms with E-state index in [0.29, 0.717) is 51.1 Å². The van der Waals surface area contributed by atoms with Crippen molar-refractivity contribution in [3.63, 3.8) is 0 Å². The second-order valence-electron chi connectivity index (χ2n) is 9.47. The van der Waals surface area contributed by atoms with E-state index < -0.39 is 11.6 Å². The van der Waals surface area contributed by atoms with Crippen LogP contribution < -0.4 is 4.90 Å². The molecule has 8 nitrogen and oxygen atoms in total. The highest BCUT2D eigenvalue weighted by Gasteiger charge is 2.39. The van der Waals surface area contributed by atoms with Crippen LogP contribution in [-0.4, -0.2) is 71.2 Å². The van der Waals surface area contributed by atoms with Crippen molar-refractivity contribution in [2.75, 3.05) is 31.1 Å². The molecule has 4 rings (SSSR count). The average molecular weight is 428 g/mol. The number of ether oxygens (including phenoxy) is 1. The number of fused-ring (bicyclic) bond motifs is 1. The van der Waals surface area contributed by atoms with Gasteiger partial charge in [0, 0.05) is 50.4 Å². The fourth-order valence-corrected chi connectivity index (χ4v) is 4.42. The summed E-state index contributed by atoms with van der Waals surface area (Å²) in [5, 5.41) is 0. The molecule has 0 bridgehead atoms. The van der Waals surface area contributed by atoms with Crippen molar-refractivity contribution in [2.45, 2.75) is 58.2 Å². The van der Waals surface area contributed by atoms with Crippen LogP contribution in [-0.2, 0) is 20.9 Å². The lowest BCUT2D eigenvalue weighted by Gasteiger charge is -2.36. The van der Waals surface area contributed by atoms with E-state index in [1.807, 2.05) is 39.0 Å². The van der Waals surface area contributed by atoms with Crippen LogP contribution in [0.4, 0.5) is 10.5 Å². The maximum absolute atomic E-state index is 13.0. The highest BCUT2D eigenvalue weighted by atomic mass is 16.6. The lowest BCUT2D eigenvalue weighted by molar-refractivity contribution is -0.133. The molecular weight excluding hydrogens is 398 g/mol. The van der Waals surface area contributed by atoms with Gasteiger partial charge in [0.2, 0.25) is 0 Å². The van der Waals surface area contributed by atoms with Crippen molar-refractivity contribution in [2.24, 2.45) is 0 Å². The molecule has 0 N–H and O–H groups in total. The summed E-state index contributed by atoms with van der Waals surface area (Å²) >= 11 is 0. The average Bonchev–Trinajstić information content (AvgIpc) is 3.03. The SMILES string of the molecule is CC(C)(C)OC(=O)N1CCN(c2ccc3c(c2)C(=O)N(C2CCC(=O)CC2=O)C3)CC1. The number of hydrogen-bond acceptors (Lipinski definition) is 6. The number of carbonyl (C=O) groups excluding carboxylic acids is 4. The molecule has 8 heteroatoms. The van der Waals surface area contributed by atoms with Crippen molar-refractivity contribution in [3.05, 3.63) is 29.3 Å². The number of nitrogens with zero attached hydrogens (tertiary/aromatic N) is 3. The summed E-state index contributed by atoms with van der Waals surface area (Å²) in [5.41, 5.74) is 1.94. The Morgan fingerprint density at radius 1 is 1.06 bits per heavy atom. The number of piperazine rings is 1. The Morgan fingerprint density at radius 2 is 1.77 bits per heavy atom. The maximum Gasteiger partial charge on any atom is 0.410 e. The number of ketones is 2. The van der Waals surface area contributed by atoms with Gasteiger partial charge in [0.15, 0.2) is 5.78 Å². The van der Waals surface area contributed by atoms with Gasteiger partial charge in [-0.25, -0.2) is 4.79 Å². The minimum absolute atomic E-state index is 0.0433. The first-order valence-electron chi connectivity index (χ1n) is 10.8. The molecule has 0 spiro atoms. The van der Waals surface area contributed by atoms with E-state index in [1.54, 1.807) is 9.80 Å². The van der Waals surface area contributed by atoms with Crippen molar-refractivity contribution in [1.29, 1.82) is 0 Å². The first-order chi connectivity index (χ1) is 14.6. The first-order valence-corrected chi connectivity index (χ1v) is 10.8. The van der Waals surface area contributed by atoms with Crippen molar-refractivity contribution in [1.82, 2.24) is 9.80 Å². The maximum atomic E-state index is 13.0. The van der Waals surface area contributed by atoms with Crippen molar-refractivity contribution >= 4 is 29.3 Å². The number of Topliss-reactive ketones (excluding diaryl/α,β-unsaturated/α-hetero) is 2. The summed E-state index contributed by atoms with van der Waals surface area (Å²) in [6.07, 6.45) is 0.390. The first kappa shape index (κ1) is 21.3. The fraction of sp³-hybridized carbons (Fsp3) is 0.565. The molecule has 166 valence electrons. The Kier molecular flexibility index (Phi) is 5.49. The monoisotopic (exact) mass is 427 g/mol. The largest absolute Gasteiger partial charge is 0.444 e. The van der Waals surface area contributed by atoms with E-state index in [1.165, 1.54) is 0 Å².